The highest BCUT2D eigenvalue weighted by atomic mass is 16.2. The lowest BCUT2D eigenvalue weighted by molar-refractivity contribution is 0.0955. The molecular weight excluding hydrogens is 140 g/mol. The molecule has 0 spiro atoms. The molecule has 0 unspecified atom stereocenters. The van der Waals surface area contributed by atoms with E-state index in [1.165, 1.54) is 10.9 Å². The first kappa shape index (κ1) is 7.72. The molecule has 3 heteroatoms. The normalized spacial score (nSPS) is 11.6. The van der Waals surface area contributed by atoms with Crippen LogP contribution in [0.2, 0.25) is 0 Å². The smallest absolute Gasteiger partial charge is 0.258 e. The second kappa shape index (κ2) is 3.14. The number of hydrogen-bond acceptors (Lipinski definition) is 2. The molecule has 0 aromatic carbocycles. The Kier molecular flexibility index (Phi) is 2.21. The van der Waals surface area contributed by atoms with E-state index in [9.17, 15) is 4.79 Å². The average molecular weight is 150 g/mol. The Bertz CT molecular complexity index is 272. The largest absolute Gasteiger partial charge is 0.273 e. The summed E-state index contributed by atoms with van der Waals surface area (Å²) in [6.45, 7) is 3.62. The van der Waals surface area contributed by atoms with Gasteiger partial charge in [-0.1, -0.05) is 6.08 Å². The van der Waals surface area contributed by atoms with Crippen LogP contribution in [0.3, 0.4) is 0 Å². The Morgan fingerprint density at radius 3 is 2.82 bits per heavy atom. The molecule has 0 N–H and O–H groups in total. The van der Waals surface area contributed by atoms with Crippen LogP contribution >= 0.6 is 0 Å². The zero-order valence-electron chi connectivity index (χ0n) is 6.61. The summed E-state index contributed by atoms with van der Waals surface area (Å²) in [5, 5.41) is 0. The third-order valence-electron chi connectivity index (χ3n) is 1.51. The monoisotopic (exact) mass is 150 g/mol. The van der Waals surface area contributed by atoms with Crippen LogP contribution in [-0.4, -0.2) is 15.5 Å². The lowest BCUT2D eigenvalue weighted by Crippen LogP contribution is -2.08. The fraction of sp³-hybridized carbons (Fsp3) is 0.250. The molecule has 1 rings (SSSR count). The van der Waals surface area contributed by atoms with Crippen molar-refractivity contribution in [3.63, 3.8) is 0 Å². The number of allylic oxidation sites excluding steroid dienone is 2. The summed E-state index contributed by atoms with van der Waals surface area (Å²) < 4.78 is 1.45. The topological polar surface area (TPSA) is 34.9 Å². The number of rotatable bonds is 1. The van der Waals surface area contributed by atoms with Crippen LogP contribution in [0, 0.1) is 0 Å². The number of imidazole rings is 1. The number of nitrogens with zero attached hydrogens (tertiary/aromatic N) is 2. The Hall–Kier alpha value is -1.38. The van der Waals surface area contributed by atoms with Crippen molar-refractivity contribution in [2.45, 2.75) is 13.8 Å². The molecule has 3 nitrogen and oxygen atoms in total. The fourth-order valence-electron chi connectivity index (χ4n) is 0.706. The quantitative estimate of drug-likeness (QED) is 0.568. The van der Waals surface area contributed by atoms with Crippen LogP contribution in [-0.2, 0) is 0 Å². The van der Waals surface area contributed by atoms with E-state index in [-0.39, 0.29) is 5.91 Å². The molecule has 58 valence electrons. The maximum atomic E-state index is 11.3. The third-order valence-corrected chi connectivity index (χ3v) is 1.51. The molecule has 0 atom stereocenters. The van der Waals surface area contributed by atoms with Crippen molar-refractivity contribution < 1.29 is 4.79 Å². The van der Waals surface area contributed by atoms with Gasteiger partial charge < -0.3 is 0 Å². The Morgan fingerprint density at radius 2 is 2.36 bits per heavy atom. The maximum Gasteiger partial charge on any atom is 0.258 e. The van der Waals surface area contributed by atoms with E-state index in [0.29, 0.717) is 0 Å². The third kappa shape index (κ3) is 1.55. The Morgan fingerprint density at radius 1 is 1.64 bits per heavy atom. The predicted octanol–water partition coefficient (Wildman–Crippen LogP) is 1.49. The molecule has 0 aliphatic carbocycles. The summed E-state index contributed by atoms with van der Waals surface area (Å²) in [6, 6.07) is 0. The van der Waals surface area contributed by atoms with Crippen LogP contribution < -0.4 is 0 Å². The second-order valence-corrected chi connectivity index (χ2v) is 2.25. The lowest BCUT2D eigenvalue weighted by Gasteiger charge is -1.98. The van der Waals surface area contributed by atoms with Crippen molar-refractivity contribution in [3.05, 3.63) is 30.4 Å². The van der Waals surface area contributed by atoms with Gasteiger partial charge in [-0.05, 0) is 13.8 Å². The average Bonchev–Trinajstić information content (AvgIpc) is 2.53. The highest BCUT2D eigenvalue weighted by Gasteiger charge is 2.03. The van der Waals surface area contributed by atoms with E-state index in [2.05, 4.69) is 4.98 Å². The van der Waals surface area contributed by atoms with E-state index in [1.807, 2.05) is 6.92 Å². The molecule has 1 aromatic heterocycles. The minimum Gasteiger partial charge on any atom is -0.273 e. The predicted molar refractivity (Wildman–Crippen MR) is 42.3 cm³/mol. The molecule has 0 bridgehead atoms. The van der Waals surface area contributed by atoms with Gasteiger partial charge in [0.1, 0.15) is 6.33 Å². The van der Waals surface area contributed by atoms with Gasteiger partial charge in [-0.15, -0.1) is 0 Å². The number of carbonyl (C=O) groups is 1. The van der Waals surface area contributed by atoms with Crippen molar-refractivity contribution in [1.82, 2.24) is 9.55 Å². The van der Waals surface area contributed by atoms with Crippen molar-refractivity contribution in [1.29, 1.82) is 0 Å². The van der Waals surface area contributed by atoms with Gasteiger partial charge in [-0.2, -0.15) is 0 Å². The van der Waals surface area contributed by atoms with Crippen molar-refractivity contribution >= 4 is 5.91 Å². The van der Waals surface area contributed by atoms with Gasteiger partial charge in [0.05, 0.1) is 0 Å². The first-order valence-corrected chi connectivity index (χ1v) is 3.41. The van der Waals surface area contributed by atoms with Gasteiger partial charge in [0.15, 0.2) is 0 Å². The van der Waals surface area contributed by atoms with E-state index in [1.54, 1.807) is 25.4 Å². The molecule has 0 saturated heterocycles. The van der Waals surface area contributed by atoms with Crippen LogP contribution in [0.15, 0.2) is 30.4 Å². The molecule has 0 amide bonds. The second-order valence-electron chi connectivity index (χ2n) is 2.25. The van der Waals surface area contributed by atoms with Crippen LogP contribution in [0.5, 0.6) is 0 Å². The highest BCUT2D eigenvalue weighted by Crippen LogP contribution is 1.97. The highest BCUT2D eigenvalue weighted by molar-refractivity contribution is 5.94. The van der Waals surface area contributed by atoms with Gasteiger partial charge in [0, 0.05) is 18.0 Å². The van der Waals surface area contributed by atoms with Crippen LogP contribution in [0.25, 0.3) is 0 Å². The first-order valence-electron chi connectivity index (χ1n) is 3.41. The number of hydrogen-bond donors (Lipinski definition) is 0. The summed E-state index contributed by atoms with van der Waals surface area (Å²) >= 11 is 0. The number of aromatic nitrogens is 2. The molecule has 0 radical (unpaired) electrons. The zero-order valence-corrected chi connectivity index (χ0v) is 6.61. The standard InChI is InChI=1S/C8H10N2O/c1-3-7(2)8(11)10-5-4-9-6-10/h3-6H,1-2H3. The number of carbonyl (C=O) groups excluding carboxylic acids is 1. The SMILES string of the molecule is CC=C(C)C(=O)n1ccnc1. The van der Waals surface area contributed by atoms with E-state index in [4.69, 9.17) is 0 Å². The molecule has 0 aliphatic heterocycles. The van der Waals surface area contributed by atoms with E-state index in [0.717, 1.165) is 5.57 Å². The molecule has 0 fully saturated rings. The van der Waals surface area contributed by atoms with Crippen molar-refractivity contribution in [2.75, 3.05) is 0 Å². The van der Waals surface area contributed by atoms with Gasteiger partial charge in [0.2, 0.25) is 0 Å². The van der Waals surface area contributed by atoms with Gasteiger partial charge in [0.25, 0.3) is 5.91 Å². The summed E-state index contributed by atoms with van der Waals surface area (Å²) in [7, 11) is 0. The van der Waals surface area contributed by atoms with Gasteiger partial charge >= 0.3 is 0 Å². The zero-order chi connectivity index (χ0) is 8.27. The maximum absolute atomic E-state index is 11.3. The van der Waals surface area contributed by atoms with Gasteiger partial charge in [-0.3, -0.25) is 9.36 Å². The molecule has 1 aromatic rings. The van der Waals surface area contributed by atoms with Crippen LogP contribution in [0.4, 0.5) is 0 Å². The lowest BCUT2D eigenvalue weighted by atomic mass is 10.3. The Labute approximate surface area is 65.4 Å². The van der Waals surface area contributed by atoms with Crippen LogP contribution in [0.1, 0.15) is 18.6 Å². The molecule has 0 saturated carbocycles. The summed E-state index contributed by atoms with van der Waals surface area (Å²) in [4.78, 5) is 15.1. The minimum atomic E-state index is -0.0231. The van der Waals surface area contributed by atoms with Gasteiger partial charge in [-0.25, -0.2) is 4.98 Å². The first-order chi connectivity index (χ1) is 5.25. The molecule has 11 heavy (non-hydrogen) atoms. The fourth-order valence-corrected chi connectivity index (χ4v) is 0.706. The van der Waals surface area contributed by atoms with E-state index >= 15 is 0 Å². The molecule has 1 heterocycles. The summed E-state index contributed by atoms with van der Waals surface area (Å²) in [5.74, 6) is -0.0231. The molecule has 0 aliphatic rings. The molecular formula is C8H10N2O. The van der Waals surface area contributed by atoms with Crippen molar-refractivity contribution in [3.8, 4) is 0 Å². The summed E-state index contributed by atoms with van der Waals surface area (Å²) in [5.41, 5.74) is 0.725. The Balaban J connectivity index is 2.87. The van der Waals surface area contributed by atoms with E-state index < -0.39 is 0 Å². The van der Waals surface area contributed by atoms with Crippen molar-refractivity contribution in [2.24, 2.45) is 0 Å². The summed E-state index contributed by atoms with van der Waals surface area (Å²) in [6.07, 6.45) is 6.49. The minimum absolute atomic E-state index is 0.0231.